The minimum atomic E-state index is -0.704. The molecule has 39 heavy (non-hydrogen) atoms. The number of carbonyl (C=O) groups excluding carboxylic acids is 2. The van der Waals surface area contributed by atoms with E-state index in [1.54, 1.807) is 24.3 Å². The zero-order valence-corrected chi connectivity index (χ0v) is 23.8. The maximum atomic E-state index is 13.1. The fourth-order valence-corrected chi connectivity index (χ4v) is 6.75. The van der Waals surface area contributed by atoms with E-state index in [-0.39, 0.29) is 17.6 Å². The second-order valence-corrected chi connectivity index (χ2v) is 12.6. The van der Waals surface area contributed by atoms with Crippen LogP contribution in [0.5, 0.6) is 5.75 Å². The van der Waals surface area contributed by atoms with Crippen molar-refractivity contribution in [1.82, 2.24) is 14.5 Å². The lowest BCUT2D eigenvalue weighted by molar-refractivity contribution is -0.124. The average Bonchev–Trinajstić information content (AvgIpc) is 3.22. The SMILES string of the molecule is Cc1cc(C(=O)N2CCC(C)(O)CC2)cc(C)c1CCSN1CCC2(CC1)N=C(c1ccc(O)cc1)NC2=O. The van der Waals surface area contributed by atoms with E-state index in [1.807, 2.05) is 35.9 Å². The zero-order chi connectivity index (χ0) is 27.8. The third-order valence-electron chi connectivity index (χ3n) is 8.37. The quantitative estimate of drug-likeness (QED) is 0.475. The molecular formula is C30H38N4O4S. The standard InChI is InChI=1S/C30H38N4O4S/c1-20-18-23(27(36)33-13-9-29(3,38)10-14-33)19-21(2)25(20)8-17-39-34-15-11-30(12-16-34)28(37)31-26(32-30)22-4-6-24(35)7-5-22/h4-7,18-19,35,38H,8-17H2,1-3H3,(H,31,32,37). The third kappa shape index (κ3) is 6.00. The fraction of sp³-hybridized carbons (Fsp3) is 0.500. The summed E-state index contributed by atoms with van der Waals surface area (Å²) in [6, 6.07) is 10.8. The van der Waals surface area contributed by atoms with Gasteiger partial charge in [-0.15, -0.1) is 0 Å². The van der Waals surface area contributed by atoms with E-state index in [0.717, 1.165) is 47.5 Å². The van der Waals surface area contributed by atoms with Crippen LogP contribution in [0.1, 0.15) is 65.2 Å². The van der Waals surface area contributed by atoms with Crippen molar-refractivity contribution in [1.29, 1.82) is 0 Å². The number of aryl methyl sites for hydroxylation is 2. The number of phenolic OH excluding ortho intramolecular Hbond substituents is 1. The van der Waals surface area contributed by atoms with Crippen molar-refractivity contribution in [3.05, 3.63) is 64.2 Å². The number of nitrogens with zero attached hydrogens (tertiary/aromatic N) is 3. The number of aliphatic hydroxyl groups is 1. The zero-order valence-electron chi connectivity index (χ0n) is 23.0. The number of phenols is 1. The van der Waals surface area contributed by atoms with Gasteiger partial charge in [0, 0.05) is 43.1 Å². The van der Waals surface area contributed by atoms with Crippen molar-refractivity contribution < 1.29 is 19.8 Å². The smallest absolute Gasteiger partial charge is 0.253 e. The second-order valence-electron chi connectivity index (χ2n) is 11.4. The van der Waals surface area contributed by atoms with Gasteiger partial charge in [-0.25, -0.2) is 0 Å². The van der Waals surface area contributed by atoms with Crippen LogP contribution in [0, 0.1) is 13.8 Å². The Morgan fingerprint density at radius 1 is 1.03 bits per heavy atom. The van der Waals surface area contributed by atoms with Crippen molar-refractivity contribution in [2.24, 2.45) is 4.99 Å². The summed E-state index contributed by atoms with van der Waals surface area (Å²) in [5.74, 6) is 1.71. The van der Waals surface area contributed by atoms with Gasteiger partial charge in [-0.1, -0.05) is 11.9 Å². The molecule has 0 radical (unpaired) electrons. The number of hydrogen-bond acceptors (Lipinski definition) is 7. The topological polar surface area (TPSA) is 105 Å². The molecule has 0 unspecified atom stereocenters. The first-order chi connectivity index (χ1) is 18.6. The third-order valence-corrected chi connectivity index (χ3v) is 9.48. The first-order valence-corrected chi connectivity index (χ1v) is 14.7. The van der Waals surface area contributed by atoms with E-state index in [9.17, 15) is 19.8 Å². The van der Waals surface area contributed by atoms with Crippen LogP contribution in [0.4, 0.5) is 0 Å². The molecule has 0 aliphatic carbocycles. The lowest BCUT2D eigenvalue weighted by Crippen LogP contribution is -2.47. The summed E-state index contributed by atoms with van der Waals surface area (Å²) in [5.41, 5.74) is 3.71. The summed E-state index contributed by atoms with van der Waals surface area (Å²) in [6.45, 7) is 8.76. The van der Waals surface area contributed by atoms with Crippen LogP contribution in [0.25, 0.3) is 0 Å². The number of amides is 2. The van der Waals surface area contributed by atoms with Crippen LogP contribution >= 0.6 is 11.9 Å². The molecule has 1 spiro atoms. The number of benzene rings is 2. The minimum absolute atomic E-state index is 0.0361. The molecule has 9 heteroatoms. The lowest BCUT2D eigenvalue weighted by atomic mass is 9.89. The van der Waals surface area contributed by atoms with Gasteiger partial charge in [0.1, 0.15) is 17.1 Å². The molecule has 3 aliphatic rings. The van der Waals surface area contributed by atoms with Crippen molar-refractivity contribution in [2.75, 3.05) is 31.9 Å². The number of amidine groups is 1. The van der Waals surface area contributed by atoms with Gasteiger partial charge in [-0.05, 0) is 106 Å². The summed E-state index contributed by atoms with van der Waals surface area (Å²) in [6.07, 6.45) is 3.48. The highest BCUT2D eigenvalue weighted by atomic mass is 32.2. The Hall–Kier alpha value is -2.88. The molecule has 0 saturated carbocycles. The largest absolute Gasteiger partial charge is 0.508 e. The van der Waals surface area contributed by atoms with E-state index < -0.39 is 11.1 Å². The highest BCUT2D eigenvalue weighted by Gasteiger charge is 2.46. The van der Waals surface area contributed by atoms with Crippen LogP contribution in [0.2, 0.25) is 0 Å². The summed E-state index contributed by atoms with van der Waals surface area (Å²) in [7, 11) is 0. The van der Waals surface area contributed by atoms with E-state index in [4.69, 9.17) is 4.99 Å². The highest BCUT2D eigenvalue weighted by Crippen LogP contribution is 2.34. The lowest BCUT2D eigenvalue weighted by Gasteiger charge is -2.36. The van der Waals surface area contributed by atoms with E-state index in [1.165, 1.54) is 5.56 Å². The van der Waals surface area contributed by atoms with Gasteiger partial charge in [-0.3, -0.25) is 18.9 Å². The number of carbonyl (C=O) groups is 2. The molecule has 208 valence electrons. The molecule has 2 saturated heterocycles. The van der Waals surface area contributed by atoms with Gasteiger partial charge in [0.2, 0.25) is 0 Å². The van der Waals surface area contributed by atoms with Gasteiger partial charge in [0.15, 0.2) is 0 Å². The van der Waals surface area contributed by atoms with Crippen LogP contribution < -0.4 is 5.32 Å². The number of piperidine rings is 2. The Kier molecular flexibility index (Phi) is 7.77. The molecule has 0 bridgehead atoms. The van der Waals surface area contributed by atoms with Crippen LogP contribution in [0.3, 0.4) is 0 Å². The Morgan fingerprint density at radius 2 is 1.64 bits per heavy atom. The maximum absolute atomic E-state index is 13.1. The molecule has 2 fully saturated rings. The predicted octanol–water partition coefficient (Wildman–Crippen LogP) is 3.60. The maximum Gasteiger partial charge on any atom is 0.253 e. The molecule has 3 N–H and O–H groups in total. The monoisotopic (exact) mass is 550 g/mol. The Labute approximate surface area is 234 Å². The number of aromatic hydroxyl groups is 1. The Balaban J connectivity index is 1.13. The van der Waals surface area contributed by atoms with Crippen molar-refractivity contribution >= 4 is 29.6 Å². The molecule has 8 nitrogen and oxygen atoms in total. The minimum Gasteiger partial charge on any atom is -0.508 e. The average molecular weight is 551 g/mol. The Morgan fingerprint density at radius 3 is 2.26 bits per heavy atom. The number of aliphatic imine (C=N–C) groups is 1. The summed E-state index contributed by atoms with van der Waals surface area (Å²) in [4.78, 5) is 32.6. The molecule has 2 aromatic rings. The number of rotatable bonds is 6. The fourth-order valence-electron chi connectivity index (χ4n) is 5.76. The number of hydrogen-bond donors (Lipinski definition) is 3. The normalized spacial score (nSPS) is 20.7. The van der Waals surface area contributed by atoms with Crippen LogP contribution in [-0.4, -0.2) is 80.1 Å². The second kappa shape index (κ2) is 10.9. The molecule has 2 amide bonds. The highest BCUT2D eigenvalue weighted by molar-refractivity contribution is 7.97. The van der Waals surface area contributed by atoms with Gasteiger partial charge >= 0.3 is 0 Å². The van der Waals surface area contributed by atoms with Crippen LogP contribution in [0.15, 0.2) is 41.4 Å². The van der Waals surface area contributed by atoms with Crippen molar-refractivity contribution in [3.63, 3.8) is 0 Å². The van der Waals surface area contributed by atoms with Crippen LogP contribution in [-0.2, 0) is 11.2 Å². The molecule has 0 atom stereocenters. The summed E-state index contributed by atoms with van der Waals surface area (Å²) in [5, 5.41) is 22.7. The molecular weight excluding hydrogens is 512 g/mol. The van der Waals surface area contributed by atoms with Gasteiger partial charge in [0.05, 0.1) is 5.60 Å². The summed E-state index contributed by atoms with van der Waals surface area (Å²) >= 11 is 1.81. The van der Waals surface area contributed by atoms with Gasteiger partial charge in [0.25, 0.3) is 11.8 Å². The van der Waals surface area contributed by atoms with E-state index in [0.29, 0.717) is 44.6 Å². The molecule has 0 aromatic heterocycles. The van der Waals surface area contributed by atoms with Gasteiger partial charge in [-0.2, -0.15) is 0 Å². The van der Waals surface area contributed by atoms with Gasteiger partial charge < -0.3 is 20.4 Å². The summed E-state index contributed by atoms with van der Waals surface area (Å²) < 4.78 is 2.33. The van der Waals surface area contributed by atoms with Crippen molar-refractivity contribution in [3.8, 4) is 5.75 Å². The molecule has 3 heterocycles. The predicted molar refractivity (Wildman–Crippen MR) is 154 cm³/mol. The number of nitrogens with one attached hydrogen (secondary N) is 1. The first kappa shape index (κ1) is 27.7. The first-order valence-electron chi connectivity index (χ1n) is 13.8. The van der Waals surface area contributed by atoms with E-state index >= 15 is 0 Å². The van der Waals surface area contributed by atoms with E-state index in [2.05, 4.69) is 23.5 Å². The van der Waals surface area contributed by atoms with Crippen molar-refractivity contribution in [2.45, 2.75) is 64.0 Å². The molecule has 3 aliphatic heterocycles. The molecule has 2 aromatic carbocycles. The molecule has 5 rings (SSSR count). The number of likely N-dealkylation sites (tertiary alicyclic amines) is 1. The Bertz CT molecular complexity index is 1250.